The van der Waals surface area contributed by atoms with E-state index in [1.165, 1.54) is 16.6 Å². The number of fused-ring (bicyclic) bond motifs is 3. The molecule has 2 atom stereocenters. The highest BCUT2D eigenvalue weighted by atomic mass is 16.6. The van der Waals surface area contributed by atoms with Crippen molar-refractivity contribution in [3.8, 4) is 5.75 Å². The van der Waals surface area contributed by atoms with Gasteiger partial charge >= 0.3 is 0 Å². The molecule has 4 rings (SSSR count). The van der Waals surface area contributed by atoms with Gasteiger partial charge in [-0.15, -0.1) is 0 Å². The summed E-state index contributed by atoms with van der Waals surface area (Å²) in [6, 6.07) is 12.1. The van der Waals surface area contributed by atoms with Gasteiger partial charge in [-0.25, -0.2) is 5.01 Å². The predicted octanol–water partition coefficient (Wildman–Crippen LogP) is 3.86. The van der Waals surface area contributed by atoms with Gasteiger partial charge in [0.25, 0.3) is 5.69 Å². The van der Waals surface area contributed by atoms with Gasteiger partial charge in [0.2, 0.25) is 5.91 Å². The monoisotopic (exact) mass is 379 g/mol. The van der Waals surface area contributed by atoms with Crippen LogP contribution in [0.4, 0.5) is 5.69 Å². The number of nitrogens with zero attached hydrogens (tertiary/aromatic N) is 3. The number of rotatable bonds is 4. The third-order valence-corrected chi connectivity index (χ3v) is 5.51. The van der Waals surface area contributed by atoms with Gasteiger partial charge in [0, 0.05) is 30.0 Å². The average molecular weight is 379 g/mol. The molecule has 7 nitrogen and oxygen atoms in total. The van der Waals surface area contributed by atoms with Crippen LogP contribution in [0.5, 0.6) is 5.75 Å². The van der Waals surface area contributed by atoms with Crippen molar-refractivity contribution < 1.29 is 14.5 Å². The minimum Gasteiger partial charge on any atom is -0.497 e. The molecule has 0 spiro atoms. The molecule has 7 heteroatoms. The Kier molecular flexibility index (Phi) is 4.58. The minimum atomic E-state index is -0.409. The molecule has 0 saturated carbocycles. The van der Waals surface area contributed by atoms with E-state index in [-0.39, 0.29) is 23.6 Å². The van der Waals surface area contributed by atoms with Crippen molar-refractivity contribution in [1.29, 1.82) is 0 Å². The van der Waals surface area contributed by atoms with Crippen molar-refractivity contribution >= 4 is 17.3 Å². The van der Waals surface area contributed by atoms with Crippen LogP contribution in [0, 0.1) is 16.0 Å². The van der Waals surface area contributed by atoms with Gasteiger partial charge in [-0.1, -0.05) is 25.1 Å². The van der Waals surface area contributed by atoms with Gasteiger partial charge < -0.3 is 4.74 Å². The summed E-state index contributed by atoms with van der Waals surface area (Å²) in [5.74, 6) is 0.647. The smallest absolute Gasteiger partial charge is 0.269 e. The van der Waals surface area contributed by atoms with Gasteiger partial charge in [0.1, 0.15) is 5.75 Å². The molecule has 0 N–H and O–H groups in total. The van der Waals surface area contributed by atoms with E-state index < -0.39 is 4.92 Å². The molecule has 1 aliphatic carbocycles. The molecule has 0 aromatic heterocycles. The second kappa shape index (κ2) is 7.07. The molecule has 0 bridgehead atoms. The average Bonchev–Trinajstić information content (AvgIpc) is 3.12. The maximum Gasteiger partial charge on any atom is 0.269 e. The van der Waals surface area contributed by atoms with Crippen LogP contribution in [0.3, 0.4) is 0 Å². The second-order valence-corrected chi connectivity index (χ2v) is 7.04. The Morgan fingerprint density at radius 1 is 1.32 bits per heavy atom. The van der Waals surface area contributed by atoms with Gasteiger partial charge in [0.15, 0.2) is 0 Å². The van der Waals surface area contributed by atoms with Crippen LogP contribution < -0.4 is 4.74 Å². The van der Waals surface area contributed by atoms with Gasteiger partial charge in [-0.2, -0.15) is 5.10 Å². The number of hydrogen-bond donors (Lipinski definition) is 0. The van der Waals surface area contributed by atoms with E-state index >= 15 is 0 Å². The maximum absolute atomic E-state index is 12.7. The Balaban J connectivity index is 1.81. The van der Waals surface area contributed by atoms with Crippen molar-refractivity contribution in [3.63, 3.8) is 0 Å². The van der Waals surface area contributed by atoms with E-state index in [9.17, 15) is 14.9 Å². The van der Waals surface area contributed by atoms with Gasteiger partial charge in [-0.3, -0.25) is 14.9 Å². The van der Waals surface area contributed by atoms with E-state index in [0.717, 1.165) is 35.4 Å². The number of hydrazone groups is 1. The molecule has 2 aliphatic rings. The lowest BCUT2D eigenvalue weighted by Gasteiger charge is -2.29. The first-order valence-electron chi connectivity index (χ1n) is 9.35. The molecule has 2 unspecified atom stereocenters. The number of amides is 1. The van der Waals surface area contributed by atoms with E-state index in [2.05, 4.69) is 0 Å². The number of carbonyl (C=O) groups is 1. The molecule has 0 radical (unpaired) electrons. The van der Waals surface area contributed by atoms with E-state index in [4.69, 9.17) is 9.84 Å². The molecule has 2 aromatic carbocycles. The molecule has 1 amide bonds. The zero-order chi connectivity index (χ0) is 19.8. The molecule has 0 fully saturated rings. The first kappa shape index (κ1) is 18.2. The Bertz CT molecular complexity index is 985. The van der Waals surface area contributed by atoms with Crippen LogP contribution in [0.25, 0.3) is 0 Å². The van der Waals surface area contributed by atoms with Crippen LogP contribution >= 0.6 is 0 Å². The zero-order valence-electron chi connectivity index (χ0n) is 15.8. The molecule has 28 heavy (non-hydrogen) atoms. The normalized spacial score (nSPS) is 20.2. The van der Waals surface area contributed by atoms with E-state index in [1.807, 2.05) is 24.3 Å². The maximum atomic E-state index is 12.7. The number of hydrogen-bond acceptors (Lipinski definition) is 5. The third-order valence-electron chi connectivity index (χ3n) is 5.51. The Hall–Kier alpha value is -3.22. The Morgan fingerprint density at radius 2 is 2.14 bits per heavy atom. The fourth-order valence-corrected chi connectivity index (χ4v) is 4.14. The second-order valence-electron chi connectivity index (χ2n) is 7.04. The highest BCUT2D eigenvalue weighted by molar-refractivity contribution is 6.07. The van der Waals surface area contributed by atoms with Crippen LogP contribution in [-0.2, 0) is 11.2 Å². The van der Waals surface area contributed by atoms with Gasteiger partial charge in [-0.05, 0) is 36.1 Å². The van der Waals surface area contributed by atoms with Crippen LogP contribution in [0.2, 0.25) is 0 Å². The predicted molar refractivity (Wildman–Crippen MR) is 104 cm³/mol. The number of benzene rings is 2. The summed E-state index contributed by atoms with van der Waals surface area (Å²) in [6.07, 6.45) is 2.02. The summed E-state index contributed by atoms with van der Waals surface area (Å²) in [4.78, 5) is 23.5. The van der Waals surface area contributed by atoms with Gasteiger partial charge in [0.05, 0.1) is 23.8 Å². The lowest BCUT2D eigenvalue weighted by Crippen LogP contribution is -2.31. The molecule has 1 heterocycles. The van der Waals surface area contributed by atoms with Crippen LogP contribution in [-0.4, -0.2) is 28.7 Å². The zero-order valence-corrected chi connectivity index (χ0v) is 15.8. The summed E-state index contributed by atoms with van der Waals surface area (Å²) < 4.78 is 5.37. The lowest BCUT2D eigenvalue weighted by atomic mass is 9.77. The molecule has 0 saturated heterocycles. The van der Waals surface area contributed by atoms with E-state index in [0.29, 0.717) is 6.42 Å². The fraction of sp³-hybridized carbons (Fsp3) is 0.333. The van der Waals surface area contributed by atoms with Crippen molar-refractivity contribution in [3.05, 3.63) is 69.3 Å². The number of methoxy groups -OCH3 is 1. The highest BCUT2D eigenvalue weighted by Crippen LogP contribution is 2.44. The van der Waals surface area contributed by atoms with Crippen molar-refractivity contribution in [2.45, 2.75) is 32.2 Å². The topological polar surface area (TPSA) is 85.0 Å². The number of ether oxygens (including phenoxy) is 1. The number of non-ortho nitro benzene ring substituents is 1. The number of aryl methyl sites for hydroxylation is 1. The number of nitro benzene ring substituents is 1. The summed E-state index contributed by atoms with van der Waals surface area (Å²) in [7, 11) is 1.62. The summed E-state index contributed by atoms with van der Waals surface area (Å²) in [5, 5.41) is 17.5. The Morgan fingerprint density at radius 3 is 2.86 bits per heavy atom. The molecule has 144 valence electrons. The minimum absolute atomic E-state index is 0.00268. The number of nitro groups is 1. The standard InChI is InChI=1S/C21H21N3O4/c1-3-19(25)23-21(14-5-4-6-15(11-14)24(26)27)17-10-8-13-7-9-16(28-2)12-18(13)20(17)22-23/h4-7,9,11-12,17,21H,3,8,10H2,1-2H3. The summed E-state index contributed by atoms with van der Waals surface area (Å²) in [5.41, 5.74) is 3.80. The third kappa shape index (κ3) is 2.93. The quantitative estimate of drug-likeness (QED) is 0.596. The first-order valence-corrected chi connectivity index (χ1v) is 9.35. The van der Waals surface area contributed by atoms with Crippen molar-refractivity contribution in [2.24, 2.45) is 11.0 Å². The molecular formula is C21H21N3O4. The largest absolute Gasteiger partial charge is 0.497 e. The molecule has 1 aliphatic heterocycles. The van der Waals surface area contributed by atoms with Crippen molar-refractivity contribution in [1.82, 2.24) is 5.01 Å². The highest BCUT2D eigenvalue weighted by Gasteiger charge is 2.43. The van der Waals surface area contributed by atoms with Crippen LogP contribution in [0.1, 0.15) is 42.5 Å². The molecular weight excluding hydrogens is 358 g/mol. The van der Waals surface area contributed by atoms with Crippen molar-refractivity contribution in [2.75, 3.05) is 7.11 Å². The summed E-state index contributed by atoms with van der Waals surface area (Å²) in [6.45, 7) is 1.80. The fourth-order valence-electron chi connectivity index (χ4n) is 4.14. The first-order chi connectivity index (χ1) is 13.5. The SMILES string of the molecule is CCC(=O)N1N=C2c3cc(OC)ccc3CCC2C1c1cccc([N+](=O)[O-])c1. The van der Waals surface area contributed by atoms with E-state index in [1.54, 1.807) is 26.2 Å². The lowest BCUT2D eigenvalue weighted by molar-refractivity contribution is -0.385. The summed E-state index contributed by atoms with van der Waals surface area (Å²) >= 11 is 0. The molecule has 2 aromatic rings. The van der Waals surface area contributed by atoms with Crippen LogP contribution in [0.15, 0.2) is 47.6 Å². The Labute approximate surface area is 162 Å². The number of carbonyl (C=O) groups excluding carboxylic acids is 1.